The third-order valence-corrected chi connectivity index (χ3v) is 4.09. The molecule has 0 amide bonds. The Hall–Kier alpha value is -3.62. The van der Waals surface area contributed by atoms with Gasteiger partial charge in [0, 0.05) is 22.7 Å². The number of hydrogen-bond donors (Lipinski definition) is 0. The summed E-state index contributed by atoms with van der Waals surface area (Å²) in [7, 11) is 0. The third kappa shape index (κ3) is 3.89. The number of rotatable bonds is 6. The first-order valence-corrected chi connectivity index (χ1v) is 8.45. The Kier molecular flexibility index (Phi) is 5.61. The highest BCUT2D eigenvalue weighted by Gasteiger charge is 2.12. The molecule has 0 aliphatic carbocycles. The summed E-state index contributed by atoms with van der Waals surface area (Å²) in [4.78, 5) is 4.23. The highest BCUT2D eigenvalue weighted by atomic mass is 15.2. The molecule has 0 spiro atoms. The zero-order valence-corrected chi connectivity index (χ0v) is 14.5. The van der Waals surface area contributed by atoms with E-state index in [2.05, 4.69) is 64.1 Å². The fourth-order valence-corrected chi connectivity index (χ4v) is 2.89. The Labute approximate surface area is 155 Å². The number of terminal acetylenes is 2. The monoisotopic (exact) mass is 336 g/mol. The van der Waals surface area contributed by atoms with Gasteiger partial charge in [-0.15, -0.1) is 12.8 Å². The van der Waals surface area contributed by atoms with Crippen LogP contribution >= 0.6 is 0 Å². The molecule has 0 aliphatic heterocycles. The number of hydrogen-bond acceptors (Lipinski definition) is 2. The lowest BCUT2D eigenvalue weighted by molar-refractivity contribution is 1.09. The van der Waals surface area contributed by atoms with E-state index in [9.17, 15) is 0 Å². The normalized spacial score (nSPS) is 9.77. The van der Waals surface area contributed by atoms with E-state index < -0.39 is 0 Å². The van der Waals surface area contributed by atoms with Gasteiger partial charge < -0.3 is 9.80 Å². The second-order valence-electron chi connectivity index (χ2n) is 5.77. The van der Waals surface area contributed by atoms with Gasteiger partial charge in [-0.25, -0.2) is 0 Å². The Morgan fingerprint density at radius 3 is 1.31 bits per heavy atom. The van der Waals surface area contributed by atoms with Crippen molar-refractivity contribution in [3.05, 3.63) is 84.9 Å². The summed E-state index contributed by atoms with van der Waals surface area (Å²) in [5.41, 5.74) is 4.19. The predicted molar refractivity (Wildman–Crippen MR) is 111 cm³/mol. The number of para-hydroxylation sites is 2. The van der Waals surface area contributed by atoms with Crippen LogP contribution in [0.5, 0.6) is 0 Å². The summed E-state index contributed by atoms with van der Waals surface area (Å²) in [5.74, 6) is 5.50. The largest absolute Gasteiger partial charge is 0.330 e. The van der Waals surface area contributed by atoms with Crippen molar-refractivity contribution < 1.29 is 0 Å². The van der Waals surface area contributed by atoms with Crippen LogP contribution < -0.4 is 9.80 Å². The molecule has 3 rings (SSSR count). The van der Waals surface area contributed by atoms with E-state index in [4.69, 9.17) is 12.8 Å². The SMILES string of the molecule is C#CCN(c1ccccc1)c1cccc(N(CC#C)c2ccccc2)c1. The number of benzene rings is 3. The summed E-state index contributed by atoms with van der Waals surface area (Å²) in [5, 5.41) is 0. The highest BCUT2D eigenvalue weighted by molar-refractivity contribution is 5.72. The molecule has 0 aliphatic rings. The molecule has 3 aromatic rings. The van der Waals surface area contributed by atoms with Gasteiger partial charge in [0.05, 0.1) is 13.1 Å². The molecule has 2 nitrogen and oxygen atoms in total. The average Bonchev–Trinajstić information content (AvgIpc) is 2.71. The lowest BCUT2D eigenvalue weighted by Gasteiger charge is -2.27. The number of anilines is 4. The van der Waals surface area contributed by atoms with E-state index in [1.165, 1.54) is 0 Å². The zero-order chi connectivity index (χ0) is 18.2. The molecule has 3 aromatic carbocycles. The van der Waals surface area contributed by atoms with Crippen molar-refractivity contribution in [2.75, 3.05) is 22.9 Å². The van der Waals surface area contributed by atoms with Gasteiger partial charge in [0.2, 0.25) is 0 Å². The molecule has 0 fully saturated rings. The van der Waals surface area contributed by atoms with Gasteiger partial charge in [0.15, 0.2) is 0 Å². The standard InChI is InChI=1S/C24H20N2/c1-3-18-25(21-12-7-5-8-13-21)23-16-11-17-24(20-23)26(19-4-2)22-14-9-6-10-15-22/h1-2,5-17,20H,18-19H2. The maximum atomic E-state index is 5.61. The van der Waals surface area contributed by atoms with Crippen molar-refractivity contribution >= 4 is 22.7 Å². The fraction of sp³-hybridized carbons (Fsp3) is 0.0833. The van der Waals surface area contributed by atoms with Crippen molar-refractivity contribution in [2.45, 2.75) is 0 Å². The number of nitrogens with zero attached hydrogens (tertiary/aromatic N) is 2. The Morgan fingerprint density at radius 1 is 0.538 bits per heavy atom. The minimum atomic E-state index is 0.494. The van der Waals surface area contributed by atoms with Crippen LogP contribution in [0.15, 0.2) is 84.9 Å². The minimum Gasteiger partial charge on any atom is -0.330 e. The summed E-state index contributed by atoms with van der Waals surface area (Å²) in [6.07, 6.45) is 11.2. The Bertz CT molecular complexity index is 843. The van der Waals surface area contributed by atoms with E-state index in [0.29, 0.717) is 13.1 Å². The van der Waals surface area contributed by atoms with Crippen LogP contribution in [0.4, 0.5) is 22.7 Å². The van der Waals surface area contributed by atoms with Crippen molar-refractivity contribution in [3.8, 4) is 24.7 Å². The minimum absolute atomic E-state index is 0.494. The van der Waals surface area contributed by atoms with E-state index in [-0.39, 0.29) is 0 Å². The Balaban J connectivity index is 2.01. The molecule has 0 heterocycles. The van der Waals surface area contributed by atoms with Crippen LogP contribution in [0.1, 0.15) is 0 Å². The van der Waals surface area contributed by atoms with Crippen molar-refractivity contribution in [2.24, 2.45) is 0 Å². The summed E-state index contributed by atoms with van der Waals surface area (Å²) in [6, 6.07) is 28.5. The van der Waals surface area contributed by atoms with Crippen LogP contribution in [0.25, 0.3) is 0 Å². The molecular formula is C24H20N2. The van der Waals surface area contributed by atoms with E-state index in [1.807, 2.05) is 42.5 Å². The van der Waals surface area contributed by atoms with Gasteiger partial charge in [0.25, 0.3) is 0 Å². The zero-order valence-electron chi connectivity index (χ0n) is 14.5. The first kappa shape index (κ1) is 17.2. The van der Waals surface area contributed by atoms with Crippen molar-refractivity contribution in [1.82, 2.24) is 0 Å². The van der Waals surface area contributed by atoms with Gasteiger partial charge in [-0.1, -0.05) is 54.3 Å². The maximum absolute atomic E-state index is 5.61. The molecule has 0 aromatic heterocycles. The van der Waals surface area contributed by atoms with E-state index >= 15 is 0 Å². The van der Waals surface area contributed by atoms with Gasteiger partial charge in [-0.3, -0.25) is 0 Å². The molecule has 0 saturated carbocycles. The first-order chi connectivity index (χ1) is 12.8. The van der Waals surface area contributed by atoms with Gasteiger partial charge >= 0.3 is 0 Å². The first-order valence-electron chi connectivity index (χ1n) is 8.45. The summed E-state index contributed by atoms with van der Waals surface area (Å²) in [6.45, 7) is 0.988. The maximum Gasteiger partial charge on any atom is 0.0840 e. The molecular weight excluding hydrogens is 316 g/mol. The van der Waals surface area contributed by atoms with Gasteiger partial charge in [0.1, 0.15) is 0 Å². The van der Waals surface area contributed by atoms with Crippen LogP contribution in [0.2, 0.25) is 0 Å². The lowest BCUT2D eigenvalue weighted by atomic mass is 10.2. The lowest BCUT2D eigenvalue weighted by Crippen LogP contribution is -2.19. The van der Waals surface area contributed by atoms with Crippen LogP contribution in [-0.2, 0) is 0 Å². The van der Waals surface area contributed by atoms with Crippen LogP contribution in [-0.4, -0.2) is 13.1 Å². The summed E-state index contributed by atoms with van der Waals surface area (Å²) < 4.78 is 0. The van der Waals surface area contributed by atoms with Crippen molar-refractivity contribution in [1.29, 1.82) is 0 Å². The van der Waals surface area contributed by atoms with E-state index in [1.54, 1.807) is 0 Å². The topological polar surface area (TPSA) is 6.48 Å². The van der Waals surface area contributed by atoms with Crippen LogP contribution in [0, 0.1) is 24.7 Å². The van der Waals surface area contributed by atoms with Crippen molar-refractivity contribution in [3.63, 3.8) is 0 Å². The second-order valence-corrected chi connectivity index (χ2v) is 5.77. The average molecular weight is 336 g/mol. The molecule has 0 saturated heterocycles. The second kappa shape index (κ2) is 8.47. The third-order valence-electron chi connectivity index (χ3n) is 4.09. The quantitative estimate of drug-likeness (QED) is 0.569. The van der Waals surface area contributed by atoms with Gasteiger partial charge in [-0.2, -0.15) is 0 Å². The molecule has 0 bridgehead atoms. The predicted octanol–water partition coefficient (Wildman–Crippen LogP) is 5.23. The van der Waals surface area contributed by atoms with Gasteiger partial charge in [-0.05, 0) is 42.5 Å². The molecule has 0 N–H and O–H groups in total. The highest BCUT2D eigenvalue weighted by Crippen LogP contribution is 2.31. The Morgan fingerprint density at radius 2 is 0.923 bits per heavy atom. The molecule has 2 heteroatoms. The van der Waals surface area contributed by atoms with Crippen LogP contribution in [0.3, 0.4) is 0 Å². The molecule has 26 heavy (non-hydrogen) atoms. The smallest absolute Gasteiger partial charge is 0.0840 e. The molecule has 126 valence electrons. The summed E-state index contributed by atoms with van der Waals surface area (Å²) >= 11 is 0. The fourth-order valence-electron chi connectivity index (χ4n) is 2.89. The molecule has 0 radical (unpaired) electrons. The molecule has 0 atom stereocenters. The van der Waals surface area contributed by atoms with E-state index in [0.717, 1.165) is 22.7 Å². The molecule has 0 unspecified atom stereocenters.